The Morgan fingerprint density at radius 2 is 1.59 bits per heavy atom. The maximum Gasteiger partial charge on any atom is 0.422 e. The average molecular weight is 385 g/mol. The van der Waals surface area contributed by atoms with Gasteiger partial charge in [0.2, 0.25) is 5.91 Å². The van der Waals surface area contributed by atoms with Crippen molar-refractivity contribution in [1.82, 2.24) is 5.32 Å². The fraction of sp³-hybridized carbons (Fsp3) is 0.176. The predicted octanol–water partition coefficient (Wildman–Crippen LogP) is 3.53. The van der Waals surface area contributed by atoms with E-state index in [1.54, 1.807) is 0 Å². The molecular formula is C17H15F4N3O3. The summed E-state index contributed by atoms with van der Waals surface area (Å²) in [6.07, 6.45) is -4.50. The van der Waals surface area contributed by atoms with Crippen molar-refractivity contribution in [3.63, 3.8) is 0 Å². The molecule has 0 unspecified atom stereocenters. The average Bonchev–Trinajstić information content (AvgIpc) is 2.60. The van der Waals surface area contributed by atoms with E-state index in [1.807, 2.05) is 5.32 Å². The first kappa shape index (κ1) is 20.0. The highest BCUT2D eigenvalue weighted by Gasteiger charge is 2.28. The minimum atomic E-state index is -4.50. The molecule has 2 aromatic rings. The first-order valence-electron chi connectivity index (χ1n) is 7.62. The monoisotopic (exact) mass is 385 g/mol. The molecule has 0 aliphatic heterocycles. The Morgan fingerprint density at radius 3 is 2.26 bits per heavy atom. The topological polar surface area (TPSA) is 79.5 Å². The van der Waals surface area contributed by atoms with Gasteiger partial charge in [0, 0.05) is 0 Å². The number of halogens is 4. The first-order chi connectivity index (χ1) is 12.7. The third kappa shape index (κ3) is 6.84. The zero-order valence-corrected chi connectivity index (χ0v) is 13.8. The number of hydrogen-bond acceptors (Lipinski definition) is 4. The number of hydrogen-bond donors (Lipinski definition) is 3. The molecule has 3 N–H and O–H groups in total. The normalized spacial score (nSPS) is 10.8. The number of urea groups is 1. The van der Waals surface area contributed by atoms with Gasteiger partial charge in [0.1, 0.15) is 11.6 Å². The van der Waals surface area contributed by atoms with E-state index in [0.29, 0.717) is 0 Å². The van der Waals surface area contributed by atoms with Crippen LogP contribution in [0, 0.1) is 5.82 Å². The summed E-state index contributed by atoms with van der Waals surface area (Å²) >= 11 is 0. The highest BCUT2D eigenvalue weighted by Crippen LogP contribution is 2.26. The molecule has 0 fully saturated rings. The summed E-state index contributed by atoms with van der Waals surface area (Å²) < 4.78 is 54.9. The molecular weight excluding hydrogens is 370 g/mol. The van der Waals surface area contributed by atoms with Crippen LogP contribution in [0.2, 0.25) is 0 Å². The molecule has 0 aromatic heterocycles. The van der Waals surface area contributed by atoms with Gasteiger partial charge in [0.05, 0.1) is 17.9 Å². The number of carbonyl (C=O) groups excluding carboxylic acids is 2. The van der Waals surface area contributed by atoms with Crippen LogP contribution >= 0.6 is 0 Å². The molecule has 0 heterocycles. The van der Waals surface area contributed by atoms with Gasteiger partial charge in [-0.3, -0.25) is 10.1 Å². The highest BCUT2D eigenvalue weighted by atomic mass is 19.4. The summed E-state index contributed by atoms with van der Waals surface area (Å²) in [5.74, 6) is -1.55. The first-order valence-corrected chi connectivity index (χ1v) is 7.62. The van der Waals surface area contributed by atoms with Crippen molar-refractivity contribution < 1.29 is 31.9 Å². The van der Waals surface area contributed by atoms with Gasteiger partial charge >= 0.3 is 12.2 Å². The molecule has 0 aliphatic rings. The number of imide groups is 1. The zero-order chi connectivity index (χ0) is 19.9. The summed E-state index contributed by atoms with van der Waals surface area (Å²) in [5.41, 5.74) is 0.0352. The third-order valence-electron chi connectivity index (χ3n) is 3.09. The number of amides is 3. The number of carbonyl (C=O) groups is 2. The van der Waals surface area contributed by atoms with Gasteiger partial charge in [0.15, 0.2) is 6.61 Å². The second-order valence-electron chi connectivity index (χ2n) is 5.24. The summed E-state index contributed by atoms with van der Waals surface area (Å²) in [4.78, 5) is 23.5. The van der Waals surface area contributed by atoms with Gasteiger partial charge < -0.3 is 15.4 Å². The van der Waals surface area contributed by atoms with Crippen molar-refractivity contribution >= 4 is 23.3 Å². The number of nitrogens with one attached hydrogen (secondary N) is 3. The Bertz CT molecular complexity index is 812. The second-order valence-corrected chi connectivity index (χ2v) is 5.24. The molecule has 10 heteroatoms. The molecule has 0 saturated carbocycles. The molecule has 0 radical (unpaired) electrons. The van der Waals surface area contributed by atoms with Gasteiger partial charge in [-0.25, -0.2) is 9.18 Å². The largest absolute Gasteiger partial charge is 0.482 e. The van der Waals surface area contributed by atoms with E-state index in [0.717, 1.165) is 6.07 Å². The second kappa shape index (κ2) is 8.88. The number of alkyl halides is 3. The third-order valence-corrected chi connectivity index (χ3v) is 3.09. The van der Waals surface area contributed by atoms with Gasteiger partial charge in [-0.05, 0) is 24.3 Å². The van der Waals surface area contributed by atoms with Gasteiger partial charge in [-0.2, -0.15) is 13.2 Å². The Hall–Kier alpha value is -3.30. The van der Waals surface area contributed by atoms with E-state index >= 15 is 0 Å². The molecule has 0 aliphatic carbocycles. The molecule has 2 aromatic carbocycles. The summed E-state index contributed by atoms with van der Waals surface area (Å²) in [6, 6.07) is 10.2. The lowest BCUT2D eigenvalue weighted by molar-refractivity contribution is -0.153. The Kier molecular flexibility index (Phi) is 6.58. The Balaban J connectivity index is 1.86. The van der Waals surface area contributed by atoms with Crippen molar-refractivity contribution in [2.75, 3.05) is 23.8 Å². The Labute approximate surface area is 151 Å². The van der Waals surface area contributed by atoms with Gasteiger partial charge in [-0.1, -0.05) is 24.3 Å². The number of ether oxygens (including phenoxy) is 1. The van der Waals surface area contributed by atoms with Crippen molar-refractivity contribution in [3.8, 4) is 5.75 Å². The predicted molar refractivity (Wildman–Crippen MR) is 90.0 cm³/mol. The number of anilines is 2. The number of benzene rings is 2. The lowest BCUT2D eigenvalue weighted by Gasteiger charge is -2.14. The van der Waals surface area contributed by atoms with E-state index in [-0.39, 0.29) is 17.1 Å². The van der Waals surface area contributed by atoms with Crippen LogP contribution in [0.5, 0.6) is 5.75 Å². The number of para-hydroxylation sites is 3. The van der Waals surface area contributed by atoms with Gasteiger partial charge in [-0.15, -0.1) is 0 Å². The molecule has 2 rings (SSSR count). The van der Waals surface area contributed by atoms with E-state index in [1.165, 1.54) is 42.5 Å². The van der Waals surface area contributed by atoms with Crippen LogP contribution < -0.4 is 20.7 Å². The maximum absolute atomic E-state index is 13.4. The van der Waals surface area contributed by atoms with E-state index in [4.69, 9.17) is 0 Å². The maximum atomic E-state index is 13.4. The van der Waals surface area contributed by atoms with Crippen molar-refractivity contribution in [2.24, 2.45) is 0 Å². The van der Waals surface area contributed by atoms with E-state index in [9.17, 15) is 27.2 Å². The molecule has 0 saturated heterocycles. The zero-order valence-electron chi connectivity index (χ0n) is 13.8. The lowest BCUT2D eigenvalue weighted by atomic mass is 10.3. The molecule has 3 amide bonds. The van der Waals surface area contributed by atoms with Gasteiger partial charge in [0.25, 0.3) is 0 Å². The van der Waals surface area contributed by atoms with Crippen LogP contribution in [0.4, 0.5) is 33.7 Å². The Morgan fingerprint density at radius 1 is 0.963 bits per heavy atom. The number of rotatable bonds is 6. The van der Waals surface area contributed by atoms with Crippen LogP contribution in [-0.2, 0) is 4.79 Å². The molecule has 144 valence electrons. The van der Waals surface area contributed by atoms with Crippen LogP contribution in [-0.4, -0.2) is 31.3 Å². The van der Waals surface area contributed by atoms with E-state index in [2.05, 4.69) is 15.4 Å². The minimum absolute atomic E-state index is 0.0987. The lowest BCUT2D eigenvalue weighted by Crippen LogP contribution is -2.38. The van der Waals surface area contributed by atoms with Crippen LogP contribution in [0.3, 0.4) is 0 Å². The quantitative estimate of drug-likeness (QED) is 0.665. The van der Waals surface area contributed by atoms with E-state index < -0.39 is 37.1 Å². The summed E-state index contributed by atoms with van der Waals surface area (Å²) in [5, 5.41) is 6.70. The molecule has 0 atom stereocenters. The molecule has 6 nitrogen and oxygen atoms in total. The van der Waals surface area contributed by atoms with Crippen LogP contribution in [0.1, 0.15) is 0 Å². The van der Waals surface area contributed by atoms with Crippen LogP contribution in [0.15, 0.2) is 48.5 Å². The van der Waals surface area contributed by atoms with Crippen molar-refractivity contribution in [3.05, 3.63) is 54.3 Å². The summed E-state index contributed by atoms with van der Waals surface area (Å²) in [6.45, 7) is -1.90. The van der Waals surface area contributed by atoms with Crippen molar-refractivity contribution in [2.45, 2.75) is 6.18 Å². The standard InChI is InChI=1S/C17H15F4N3O3/c18-11-5-1-2-6-12(11)23-16(26)24-15(25)9-22-13-7-3-4-8-14(13)27-10-17(19,20)21/h1-8,22H,9-10H2,(H2,23,24,25,26). The summed E-state index contributed by atoms with van der Waals surface area (Å²) in [7, 11) is 0. The minimum Gasteiger partial charge on any atom is -0.482 e. The van der Waals surface area contributed by atoms with Crippen molar-refractivity contribution in [1.29, 1.82) is 0 Å². The highest BCUT2D eigenvalue weighted by molar-refractivity contribution is 6.02. The fourth-order valence-electron chi connectivity index (χ4n) is 1.96. The molecule has 27 heavy (non-hydrogen) atoms. The molecule has 0 spiro atoms. The SMILES string of the molecule is O=C(CNc1ccccc1OCC(F)(F)F)NC(=O)Nc1ccccc1F. The molecule has 0 bridgehead atoms. The fourth-order valence-corrected chi connectivity index (χ4v) is 1.96. The smallest absolute Gasteiger partial charge is 0.422 e. The van der Waals surface area contributed by atoms with Crippen LogP contribution in [0.25, 0.3) is 0 Å².